The number of aromatic nitrogens is 1. The van der Waals surface area contributed by atoms with E-state index in [9.17, 15) is 4.79 Å². The summed E-state index contributed by atoms with van der Waals surface area (Å²) in [5.74, 6) is 0.215. The molecule has 1 aromatic heterocycles. The number of carbonyl (C=O) groups is 1. The highest BCUT2D eigenvalue weighted by molar-refractivity contribution is 8.01. The molecule has 4 nitrogen and oxygen atoms in total. The van der Waals surface area contributed by atoms with Gasteiger partial charge in [0.15, 0.2) is 0 Å². The molecule has 3 N–H and O–H groups in total. The average molecular weight is 300 g/mol. The number of hydrogen-bond donors (Lipinski definition) is 2. The normalized spacial score (nSPS) is 10.3. The summed E-state index contributed by atoms with van der Waals surface area (Å²) in [7, 11) is 0. The molecule has 0 radical (unpaired) electrons. The lowest BCUT2D eigenvalue weighted by Crippen LogP contribution is -2.14. The summed E-state index contributed by atoms with van der Waals surface area (Å²) in [6, 6.07) is 5.00. The van der Waals surface area contributed by atoms with Gasteiger partial charge in [-0.05, 0) is 18.2 Å². The van der Waals surface area contributed by atoms with Crippen LogP contribution in [0, 0.1) is 0 Å². The Morgan fingerprint density at radius 1 is 1.56 bits per heavy atom. The number of nitrogens with one attached hydrogen (secondary N) is 1. The van der Waals surface area contributed by atoms with E-state index in [0.717, 1.165) is 4.34 Å². The number of nitrogens with two attached hydrogens (primary N) is 1. The predicted molar refractivity (Wildman–Crippen MR) is 77.3 cm³/mol. The van der Waals surface area contributed by atoms with Crippen molar-refractivity contribution >= 4 is 52.0 Å². The molecule has 2 rings (SSSR count). The second-order valence-electron chi connectivity index (χ2n) is 3.37. The molecule has 1 heterocycles. The average Bonchev–Trinajstić information content (AvgIpc) is 2.84. The van der Waals surface area contributed by atoms with Crippen molar-refractivity contribution < 1.29 is 4.79 Å². The van der Waals surface area contributed by atoms with E-state index in [1.807, 2.05) is 5.38 Å². The Morgan fingerprint density at radius 2 is 2.39 bits per heavy atom. The Balaban J connectivity index is 1.88. The van der Waals surface area contributed by atoms with Gasteiger partial charge in [-0.2, -0.15) is 0 Å². The number of thiazole rings is 1. The molecule has 7 heteroatoms. The van der Waals surface area contributed by atoms with Gasteiger partial charge >= 0.3 is 0 Å². The lowest BCUT2D eigenvalue weighted by atomic mass is 10.3. The smallest absolute Gasteiger partial charge is 0.234 e. The lowest BCUT2D eigenvalue weighted by molar-refractivity contribution is -0.113. The fraction of sp³-hybridized carbons (Fsp3) is 0.0909. The molecule has 0 saturated carbocycles. The minimum atomic E-state index is -0.100. The van der Waals surface area contributed by atoms with Crippen LogP contribution in [0.15, 0.2) is 34.1 Å². The lowest BCUT2D eigenvalue weighted by Gasteiger charge is -2.06. The molecule has 94 valence electrons. The molecule has 0 aliphatic rings. The van der Waals surface area contributed by atoms with Crippen LogP contribution in [-0.4, -0.2) is 16.6 Å². The zero-order valence-corrected chi connectivity index (χ0v) is 11.6. The SMILES string of the molecule is Nc1cc(NC(=O)CSc2nccs2)ccc1Cl. The van der Waals surface area contributed by atoms with Crippen molar-refractivity contribution in [3.05, 3.63) is 34.8 Å². The number of carbonyl (C=O) groups excluding carboxylic acids is 1. The van der Waals surface area contributed by atoms with Gasteiger partial charge in [0.25, 0.3) is 0 Å². The van der Waals surface area contributed by atoms with Gasteiger partial charge in [-0.1, -0.05) is 23.4 Å². The summed E-state index contributed by atoms with van der Waals surface area (Å²) in [6.45, 7) is 0. The van der Waals surface area contributed by atoms with Crippen LogP contribution in [0.5, 0.6) is 0 Å². The molecule has 1 amide bonds. The molecule has 0 atom stereocenters. The largest absolute Gasteiger partial charge is 0.397 e. The van der Waals surface area contributed by atoms with Gasteiger partial charge in [-0.25, -0.2) is 4.98 Å². The van der Waals surface area contributed by atoms with E-state index in [-0.39, 0.29) is 5.91 Å². The van der Waals surface area contributed by atoms with Gasteiger partial charge in [-0.3, -0.25) is 4.79 Å². The number of hydrogen-bond acceptors (Lipinski definition) is 5. The molecule has 0 saturated heterocycles. The van der Waals surface area contributed by atoms with Crippen LogP contribution >= 0.6 is 34.7 Å². The number of rotatable bonds is 4. The Labute approximate surface area is 118 Å². The van der Waals surface area contributed by atoms with E-state index >= 15 is 0 Å². The molecule has 0 spiro atoms. The zero-order valence-electron chi connectivity index (χ0n) is 9.22. The summed E-state index contributed by atoms with van der Waals surface area (Å²) >= 11 is 8.71. The number of thioether (sulfide) groups is 1. The first kappa shape index (κ1) is 13.2. The molecule has 0 unspecified atom stereocenters. The number of halogens is 1. The van der Waals surface area contributed by atoms with Crippen molar-refractivity contribution in [2.75, 3.05) is 16.8 Å². The fourth-order valence-corrected chi connectivity index (χ4v) is 2.78. The summed E-state index contributed by atoms with van der Waals surface area (Å²) in [6.07, 6.45) is 1.71. The van der Waals surface area contributed by atoms with E-state index in [2.05, 4.69) is 10.3 Å². The second-order valence-corrected chi connectivity index (χ2v) is 5.90. The Bertz CT molecular complexity index is 545. The van der Waals surface area contributed by atoms with Crippen LogP contribution in [0.3, 0.4) is 0 Å². The Morgan fingerprint density at radius 3 is 3.06 bits per heavy atom. The van der Waals surface area contributed by atoms with E-state index in [4.69, 9.17) is 17.3 Å². The van der Waals surface area contributed by atoms with Gasteiger partial charge < -0.3 is 11.1 Å². The van der Waals surface area contributed by atoms with Gasteiger partial charge in [0.2, 0.25) is 5.91 Å². The summed E-state index contributed by atoms with van der Waals surface area (Å²) in [5.41, 5.74) is 6.74. The van der Waals surface area contributed by atoms with Crippen molar-refractivity contribution in [3.8, 4) is 0 Å². The topological polar surface area (TPSA) is 68.0 Å². The maximum Gasteiger partial charge on any atom is 0.234 e. The van der Waals surface area contributed by atoms with Gasteiger partial charge in [0.1, 0.15) is 4.34 Å². The molecule has 18 heavy (non-hydrogen) atoms. The third kappa shape index (κ3) is 3.63. The first-order valence-electron chi connectivity index (χ1n) is 5.02. The highest BCUT2D eigenvalue weighted by Crippen LogP contribution is 2.23. The Hall–Kier alpha value is -1.24. The molecule has 0 aliphatic heterocycles. The molecule has 0 fully saturated rings. The van der Waals surface area contributed by atoms with Gasteiger partial charge in [-0.15, -0.1) is 11.3 Å². The van der Waals surface area contributed by atoms with Crippen LogP contribution in [0.25, 0.3) is 0 Å². The van der Waals surface area contributed by atoms with Crippen molar-refractivity contribution in [1.29, 1.82) is 0 Å². The monoisotopic (exact) mass is 299 g/mol. The highest BCUT2D eigenvalue weighted by atomic mass is 35.5. The number of nitrogen functional groups attached to an aromatic ring is 1. The van der Waals surface area contributed by atoms with Crippen LogP contribution in [-0.2, 0) is 4.79 Å². The number of nitrogens with zero attached hydrogens (tertiary/aromatic N) is 1. The molecule has 0 aliphatic carbocycles. The van der Waals surface area contributed by atoms with E-state index < -0.39 is 0 Å². The summed E-state index contributed by atoms with van der Waals surface area (Å²) in [5, 5.41) is 5.10. The number of anilines is 2. The zero-order chi connectivity index (χ0) is 13.0. The third-order valence-corrected chi connectivity index (χ3v) is 4.33. The van der Waals surface area contributed by atoms with Crippen molar-refractivity contribution in [3.63, 3.8) is 0 Å². The quantitative estimate of drug-likeness (QED) is 0.672. The minimum Gasteiger partial charge on any atom is -0.397 e. The van der Waals surface area contributed by atoms with Gasteiger partial charge in [0, 0.05) is 17.3 Å². The first-order valence-corrected chi connectivity index (χ1v) is 7.26. The number of benzene rings is 1. The predicted octanol–water partition coefficient (Wildman–Crippen LogP) is 3.11. The number of amides is 1. The van der Waals surface area contributed by atoms with Gasteiger partial charge in [0.05, 0.1) is 16.5 Å². The maximum atomic E-state index is 11.7. The summed E-state index contributed by atoms with van der Waals surface area (Å²) < 4.78 is 0.876. The van der Waals surface area contributed by atoms with E-state index in [1.54, 1.807) is 24.4 Å². The third-order valence-electron chi connectivity index (χ3n) is 2.02. The molecule has 0 bridgehead atoms. The Kier molecular flexibility index (Phi) is 4.46. The van der Waals surface area contributed by atoms with E-state index in [1.165, 1.54) is 23.1 Å². The highest BCUT2D eigenvalue weighted by Gasteiger charge is 2.06. The molecular weight excluding hydrogens is 290 g/mol. The van der Waals surface area contributed by atoms with E-state index in [0.29, 0.717) is 22.2 Å². The fourth-order valence-electron chi connectivity index (χ4n) is 1.23. The van der Waals surface area contributed by atoms with Crippen LogP contribution < -0.4 is 11.1 Å². The standard InChI is InChI=1S/C11H10ClN3OS2/c12-8-2-1-7(5-9(8)13)15-10(16)6-18-11-14-3-4-17-11/h1-5H,6,13H2,(H,15,16). The van der Waals surface area contributed by atoms with Crippen molar-refractivity contribution in [2.45, 2.75) is 4.34 Å². The van der Waals surface area contributed by atoms with Crippen molar-refractivity contribution in [1.82, 2.24) is 4.98 Å². The molecular formula is C11H10ClN3OS2. The minimum absolute atomic E-state index is 0.100. The molecule has 2 aromatic rings. The summed E-state index contributed by atoms with van der Waals surface area (Å²) in [4.78, 5) is 15.8. The van der Waals surface area contributed by atoms with Crippen LogP contribution in [0.2, 0.25) is 5.02 Å². The van der Waals surface area contributed by atoms with Crippen LogP contribution in [0.4, 0.5) is 11.4 Å². The molecule has 1 aromatic carbocycles. The van der Waals surface area contributed by atoms with Crippen molar-refractivity contribution in [2.24, 2.45) is 0 Å². The first-order chi connectivity index (χ1) is 8.65. The second kappa shape index (κ2) is 6.08. The van der Waals surface area contributed by atoms with Crippen LogP contribution in [0.1, 0.15) is 0 Å². The maximum absolute atomic E-state index is 11.7.